The molecule has 0 amide bonds. The van der Waals surface area contributed by atoms with Gasteiger partial charge in [0, 0.05) is 11.4 Å². The predicted molar refractivity (Wildman–Crippen MR) is 67.6 cm³/mol. The second kappa shape index (κ2) is 5.08. The van der Waals surface area contributed by atoms with Crippen molar-refractivity contribution in [3.8, 4) is 0 Å². The van der Waals surface area contributed by atoms with Crippen LogP contribution in [-0.2, 0) is 4.74 Å². The summed E-state index contributed by atoms with van der Waals surface area (Å²) in [6, 6.07) is 4.82. The summed E-state index contributed by atoms with van der Waals surface area (Å²) in [4.78, 5) is 11.9. The Balaban J connectivity index is 2.03. The van der Waals surface area contributed by atoms with E-state index in [2.05, 4.69) is 0 Å². The molecule has 1 aromatic rings. The first-order chi connectivity index (χ1) is 8.15. The van der Waals surface area contributed by atoms with E-state index in [1.165, 1.54) is 6.42 Å². The smallest absolute Gasteiger partial charge is 0.338 e. The quantitative estimate of drug-likeness (QED) is 0.608. The maximum atomic E-state index is 11.9. The minimum Gasteiger partial charge on any atom is -0.459 e. The van der Waals surface area contributed by atoms with Crippen LogP contribution < -0.4 is 11.5 Å². The van der Waals surface area contributed by atoms with Gasteiger partial charge in [-0.25, -0.2) is 4.79 Å². The van der Waals surface area contributed by atoms with Gasteiger partial charge in [-0.15, -0.1) is 0 Å². The van der Waals surface area contributed by atoms with Crippen molar-refractivity contribution < 1.29 is 9.53 Å². The molecule has 0 aromatic heterocycles. The number of carbonyl (C=O) groups is 1. The number of hydrogen-bond donors (Lipinski definition) is 2. The van der Waals surface area contributed by atoms with E-state index in [1.807, 2.05) is 0 Å². The summed E-state index contributed by atoms with van der Waals surface area (Å²) in [5, 5.41) is 0. The van der Waals surface area contributed by atoms with Crippen molar-refractivity contribution >= 4 is 17.3 Å². The van der Waals surface area contributed by atoms with E-state index in [9.17, 15) is 4.79 Å². The predicted octanol–water partition coefficient (Wildman–Crippen LogP) is 2.34. The first-order valence-corrected chi connectivity index (χ1v) is 6.02. The van der Waals surface area contributed by atoms with Gasteiger partial charge in [-0.2, -0.15) is 0 Å². The lowest BCUT2D eigenvalue weighted by atomic mass is 9.98. The fraction of sp³-hybridized carbons (Fsp3) is 0.462. The topological polar surface area (TPSA) is 78.3 Å². The molecule has 0 atom stereocenters. The first-order valence-electron chi connectivity index (χ1n) is 6.02. The van der Waals surface area contributed by atoms with Gasteiger partial charge in [0.2, 0.25) is 0 Å². The molecule has 1 aromatic carbocycles. The molecule has 1 fully saturated rings. The van der Waals surface area contributed by atoms with Crippen LogP contribution in [0.4, 0.5) is 11.4 Å². The molecule has 0 heterocycles. The highest BCUT2D eigenvalue weighted by Crippen LogP contribution is 2.22. The van der Waals surface area contributed by atoms with Gasteiger partial charge in [-0.05, 0) is 43.9 Å². The minimum atomic E-state index is -0.323. The maximum Gasteiger partial charge on any atom is 0.338 e. The van der Waals surface area contributed by atoms with Crippen LogP contribution in [0.15, 0.2) is 18.2 Å². The van der Waals surface area contributed by atoms with E-state index in [0.717, 1.165) is 25.7 Å². The number of rotatable bonds is 2. The van der Waals surface area contributed by atoms with Gasteiger partial charge in [0.15, 0.2) is 0 Å². The molecule has 1 aliphatic carbocycles. The van der Waals surface area contributed by atoms with Crippen LogP contribution >= 0.6 is 0 Å². The van der Waals surface area contributed by atoms with Gasteiger partial charge in [-0.1, -0.05) is 6.42 Å². The summed E-state index contributed by atoms with van der Waals surface area (Å²) in [6.45, 7) is 0. The number of hydrogen-bond acceptors (Lipinski definition) is 4. The van der Waals surface area contributed by atoms with Gasteiger partial charge < -0.3 is 16.2 Å². The van der Waals surface area contributed by atoms with Crippen LogP contribution in [-0.4, -0.2) is 12.1 Å². The van der Waals surface area contributed by atoms with E-state index >= 15 is 0 Å². The van der Waals surface area contributed by atoms with Crippen LogP contribution in [0, 0.1) is 0 Å². The van der Waals surface area contributed by atoms with Crippen molar-refractivity contribution in [2.45, 2.75) is 38.2 Å². The Kier molecular flexibility index (Phi) is 3.52. The zero-order chi connectivity index (χ0) is 12.3. The van der Waals surface area contributed by atoms with Crippen molar-refractivity contribution in [2.24, 2.45) is 0 Å². The van der Waals surface area contributed by atoms with E-state index in [-0.39, 0.29) is 12.1 Å². The number of nitrogens with two attached hydrogens (primary N) is 2. The third kappa shape index (κ3) is 3.12. The molecule has 2 rings (SSSR count). The third-order valence-corrected chi connectivity index (χ3v) is 3.04. The van der Waals surface area contributed by atoms with Crippen LogP contribution in [0.2, 0.25) is 0 Å². The molecule has 4 heteroatoms. The molecule has 0 spiro atoms. The standard InChI is InChI=1S/C13H18N2O2/c14-10-6-9(7-11(15)8-10)13(16)17-12-4-2-1-3-5-12/h6-8,12H,1-5,14-15H2. The Morgan fingerprint density at radius 3 is 2.24 bits per heavy atom. The van der Waals surface area contributed by atoms with Gasteiger partial charge in [0.05, 0.1) is 5.56 Å². The normalized spacial score (nSPS) is 16.7. The molecule has 1 aliphatic rings. The highest BCUT2D eigenvalue weighted by Gasteiger charge is 2.19. The van der Waals surface area contributed by atoms with Crippen molar-refractivity contribution in [1.29, 1.82) is 0 Å². The summed E-state index contributed by atoms with van der Waals surface area (Å²) >= 11 is 0. The van der Waals surface area contributed by atoms with Gasteiger partial charge >= 0.3 is 5.97 Å². The Morgan fingerprint density at radius 1 is 1.06 bits per heavy atom. The minimum absolute atomic E-state index is 0.0545. The fourth-order valence-corrected chi connectivity index (χ4v) is 2.20. The molecule has 4 N–H and O–H groups in total. The van der Waals surface area contributed by atoms with Crippen LogP contribution in [0.25, 0.3) is 0 Å². The molecule has 0 aliphatic heterocycles. The van der Waals surface area contributed by atoms with Crippen LogP contribution in [0.1, 0.15) is 42.5 Å². The lowest BCUT2D eigenvalue weighted by Crippen LogP contribution is -2.21. The van der Waals surface area contributed by atoms with Crippen molar-refractivity contribution in [1.82, 2.24) is 0 Å². The number of esters is 1. The maximum absolute atomic E-state index is 11.9. The largest absolute Gasteiger partial charge is 0.459 e. The molecule has 0 radical (unpaired) electrons. The highest BCUT2D eigenvalue weighted by atomic mass is 16.5. The molecule has 17 heavy (non-hydrogen) atoms. The lowest BCUT2D eigenvalue weighted by molar-refractivity contribution is 0.0211. The second-order valence-corrected chi connectivity index (χ2v) is 4.55. The average Bonchev–Trinajstić information content (AvgIpc) is 2.29. The zero-order valence-corrected chi connectivity index (χ0v) is 9.82. The van der Waals surface area contributed by atoms with Gasteiger partial charge in [0.1, 0.15) is 6.10 Å². The van der Waals surface area contributed by atoms with Crippen LogP contribution in [0.5, 0.6) is 0 Å². The van der Waals surface area contributed by atoms with E-state index < -0.39 is 0 Å². The Labute approximate surface area is 101 Å². The molecule has 0 saturated heterocycles. The monoisotopic (exact) mass is 234 g/mol. The van der Waals surface area contributed by atoms with E-state index in [1.54, 1.807) is 18.2 Å². The Hall–Kier alpha value is -1.71. The van der Waals surface area contributed by atoms with E-state index in [4.69, 9.17) is 16.2 Å². The first kappa shape index (κ1) is 11.8. The molecule has 4 nitrogen and oxygen atoms in total. The van der Waals surface area contributed by atoms with Crippen molar-refractivity contribution in [3.63, 3.8) is 0 Å². The number of benzene rings is 1. The number of ether oxygens (including phenoxy) is 1. The summed E-state index contributed by atoms with van der Waals surface area (Å²) in [5.41, 5.74) is 12.7. The summed E-state index contributed by atoms with van der Waals surface area (Å²) in [7, 11) is 0. The highest BCUT2D eigenvalue weighted by molar-refractivity contribution is 5.91. The lowest BCUT2D eigenvalue weighted by Gasteiger charge is -2.21. The molecular weight excluding hydrogens is 216 g/mol. The van der Waals surface area contributed by atoms with Crippen molar-refractivity contribution in [2.75, 3.05) is 11.5 Å². The number of carbonyl (C=O) groups excluding carboxylic acids is 1. The summed E-state index contributed by atoms with van der Waals surface area (Å²) in [5.74, 6) is -0.323. The molecule has 92 valence electrons. The SMILES string of the molecule is Nc1cc(N)cc(C(=O)OC2CCCCC2)c1. The van der Waals surface area contributed by atoms with Gasteiger partial charge in [-0.3, -0.25) is 0 Å². The third-order valence-electron chi connectivity index (χ3n) is 3.04. The molecule has 0 unspecified atom stereocenters. The molecule has 1 saturated carbocycles. The Bertz CT molecular complexity index is 392. The summed E-state index contributed by atoms with van der Waals surface area (Å²) < 4.78 is 5.44. The van der Waals surface area contributed by atoms with E-state index in [0.29, 0.717) is 16.9 Å². The van der Waals surface area contributed by atoms with Crippen LogP contribution in [0.3, 0.4) is 0 Å². The summed E-state index contributed by atoms with van der Waals surface area (Å²) in [6.07, 6.45) is 5.49. The molecule has 0 bridgehead atoms. The molecular formula is C13H18N2O2. The zero-order valence-electron chi connectivity index (χ0n) is 9.82. The number of anilines is 2. The fourth-order valence-electron chi connectivity index (χ4n) is 2.20. The second-order valence-electron chi connectivity index (χ2n) is 4.55. The van der Waals surface area contributed by atoms with Crippen molar-refractivity contribution in [3.05, 3.63) is 23.8 Å². The average molecular weight is 234 g/mol. The Morgan fingerprint density at radius 2 is 1.65 bits per heavy atom. The van der Waals surface area contributed by atoms with Gasteiger partial charge in [0.25, 0.3) is 0 Å². The number of nitrogen functional groups attached to an aromatic ring is 2.